The zero-order chi connectivity index (χ0) is 19.4. The van der Waals surface area contributed by atoms with Gasteiger partial charge in [0.05, 0.1) is 0 Å². The number of amides is 1. The number of ether oxygens (including phenoxy) is 1. The zero-order valence-corrected chi connectivity index (χ0v) is 15.5. The SMILES string of the molecule is Cc1ccc(C)c(OC2CCN(C(=O)CCc3nnc(C(F)F)o3)CC2)c1. The second-order valence-electron chi connectivity index (χ2n) is 6.80. The fraction of sp³-hybridized carbons (Fsp3) is 0.526. The number of aromatic nitrogens is 2. The van der Waals surface area contributed by atoms with E-state index in [4.69, 9.17) is 9.15 Å². The molecule has 1 aliphatic rings. The van der Waals surface area contributed by atoms with Crippen LogP contribution in [0, 0.1) is 13.8 Å². The largest absolute Gasteiger partial charge is 0.490 e. The van der Waals surface area contributed by atoms with Gasteiger partial charge in [-0.05, 0) is 31.0 Å². The van der Waals surface area contributed by atoms with E-state index in [0.29, 0.717) is 13.1 Å². The molecule has 0 aliphatic carbocycles. The van der Waals surface area contributed by atoms with E-state index >= 15 is 0 Å². The number of nitrogens with zero attached hydrogens (tertiary/aromatic N) is 3. The third kappa shape index (κ3) is 5.02. The van der Waals surface area contributed by atoms with Crippen molar-refractivity contribution in [1.29, 1.82) is 0 Å². The number of rotatable bonds is 6. The summed E-state index contributed by atoms with van der Waals surface area (Å²) >= 11 is 0. The summed E-state index contributed by atoms with van der Waals surface area (Å²) in [5.41, 5.74) is 2.25. The fourth-order valence-electron chi connectivity index (χ4n) is 3.06. The summed E-state index contributed by atoms with van der Waals surface area (Å²) in [5, 5.41) is 6.80. The molecule has 27 heavy (non-hydrogen) atoms. The molecule has 0 saturated carbocycles. The lowest BCUT2D eigenvalue weighted by atomic mass is 10.1. The average Bonchev–Trinajstić information content (AvgIpc) is 3.13. The Morgan fingerprint density at radius 1 is 1.30 bits per heavy atom. The monoisotopic (exact) mass is 379 g/mol. The van der Waals surface area contributed by atoms with Crippen LogP contribution in [0.5, 0.6) is 5.75 Å². The topological polar surface area (TPSA) is 68.5 Å². The Labute approximate surface area is 156 Å². The van der Waals surface area contributed by atoms with Gasteiger partial charge in [-0.1, -0.05) is 12.1 Å². The first-order chi connectivity index (χ1) is 12.9. The highest BCUT2D eigenvalue weighted by Crippen LogP contribution is 2.24. The molecule has 8 heteroatoms. The number of hydrogen-bond acceptors (Lipinski definition) is 5. The Bertz CT molecular complexity index is 786. The smallest absolute Gasteiger partial charge is 0.314 e. The maximum atomic E-state index is 12.4. The molecule has 1 aromatic carbocycles. The number of hydrogen-bond donors (Lipinski definition) is 0. The molecule has 1 saturated heterocycles. The van der Waals surface area contributed by atoms with Crippen molar-refractivity contribution in [2.24, 2.45) is 0 Å². The van der Waals surface area contributed by atoms with Crippen molar-refractivity contribution in [2.45, 2.75) is 52.1 Å². The number of alkyl halides is 2. The molecule has 3 rings (SSSR count). The summed E-state index contributed by atoms with van der Waals surface area (Å²) in [4.78, 5) is 14.1. The molecule has 2 aromatic rings. The van der Waals surface area contributed by atoms with Crippen LogP contribution < -0.4 is 4.74 Å². The van der Waals surface area contributed by atoms with Gasteiger partial charge in [0, 0.05) is 38.8 Å². The minimum atomic E-state index is -2.79. The zero-order valence-electron chi connectivity index (χ0n) is 15.5. The number of piperidine rings is 1. The molecule has 0 spiro atoms. The fourth-order valence-corrected chi connectivity index (χ4v) is 3.06. The van der Waals surface area contributed by atoms with E-state index in [1.165, 1.54) is 0 Å². The lowest BCUT2D eigenvalue weighted by Crippen LogP contribution is -2.41. The minimum Gasteiger partial charge on any atom is -0.490 e. The van der Waals surface area contributed by atoms with Gasteiger partial charge in [0.2, 0.25) is 11.8 Å². The van der Waals surface area contributed by atoms with Crippen molar-refractivity contribution < 1.29 is 22.7 Å². The maximum absolute atomic E-state index is 12.4. The Morgan fingerprint density at radius 3 is 2.70 bits per heavy atom. The third-order valence-corrected chi connectivity index (χ3v) is 4.65. The van der Waals surface area contributed by atoms with E-state index in [2.05, 4.69) is 16.3 Å². The van der Waals surface area contributed by atoms with Crippen LogP contribution in [0.1, 0.15) is 48.6 Å². The van der Waals surface area contributed by atoms with Crippen LogP contribution in [0.15, 0.2) is 22.6 Å². The Morgan fingerprint density at radius 2 is 2.04 bits per heavy atom. The van der Waals surface area contributed by atoms with E-state index in [-0.39, 0.29) is 30.7 Å². The second-order valence-corrected chi connectivity index (χ2v) is 6.80. The lowest BCUT2D eigenvalue weighted by Gasteiger charge is -2.32. The van der Waals surface area contributed by atoms with Crippen LogP contribution in [0.3, 0.4) is 0 Å². The molecule has 0 radical (unpaired) electrons. The number of halogens is 2. The van der Waals surface area contributed by atoms with E-state index in [0.717, 1.165) is 29.7 Å². The molecule has 1 aliphatic heterocycles. The maximum Gasteiger partial charge on any atom is 0.314 e. The number of likely N-dealkylation sites (tertiary alicyclic amines) is 1. The van der Waals surface area contributed by atoms with Gasteiger partial charge in [0.15, 0.2) is 0 Å². The summed E-state index contributed by atoms with van der Waals surface area (Å²) in [7, 11) is 0. The van der Waals surface area contributed by atoms with Crippen molar-refractivity contribution in [2.75, 3.05) is 13.1 Å². The summed E-state index contributed by atoms with van der Waals surface area (Å²) in [6.45, 7) is 5.27. The highest BCUT2D eigenvalue weighted by molar-refractivity contribution is 5.76. The van der Waals surface area contributed by atoms with Gasteiger partial charge in [-0.2, -0.15) is 8.78 Å². The molecular formula is C19H23F2N3O3. The molecule has 0 N–H and O–H groups in total. The van der Waals surface area contributed by atoms with E-state index in [1.54, 1.807) is 4.90 Å². The number of carbonyl (C=O) groups excluding carboxylic acids is 1. The summed E-state index contributed by atoms with van der Waals surface area (Å²) < 4.78 is 35.8. The summed E-state index contributed by atoms with van der Waals surface area (Å²) in [6.07, 6.45) is -0.868. The number of carbonyl (C=O) groups is 1. The van der Waals surface area contributed by atoms with E-state index < -0.39 is 12.3 Å². The number of aryl methyl sites for hydroxylation is 3. The van der Waals surface area contributed by atoms with Crippen molar-refractivity contribution in [3.8, 4) is 5.75 Å². The molecule has 1 aromatic heterocycles. The molecular weight excluding hydrogens is 356 g/mol. The van der Waals surface area contributed by atoms with Crippen LogP contribution >= 0.6 is 0 Å². The second kappa shape index (κ2) is 8.45. The van der Waals surface area contributed by atoms with E-state index in [1.807, 2.05) is 26.0 Å². The molecule has 1 amide bonds. The van der Waals surface area contributed by atoms with Crippen LogP contribution in [0.2, 0.25) is 0 Å². The van der Waals surface area contributed by atoms with Crippen LogP contribution in [-0.4, -0.2) is 40.2 Å². The predicted octanol–water partition coefficient (Wildman–Crippen LogP) is 3.63. The van der Waals surface area contributed by atoms with Gasteiger partial charge in [-0.3, -0.25) is 4.79 Å². The van der Waals surface area contributed by atoms with E-state index in [9.17, 15) is 13.6 Å². The first-order valence-corrected chi connectivity index (χ1v) is 9.04. The molecule has 0 unspecified atom stereocenters. The highest BCUT2D eigenvalue weighted by Gasteiger charge is 2.25. The van der Waals surface area contributed by atoms with Crippen molar-refractivity contribution >= 4 is 5.91 Å². The molecule has 146 valence electrons. The molecule has 6 nitrogen and oxygen atoms in total. The van der Waals surface area contributed by atoms with Gasteiger partial charge >= 0.3 is 6.43 Å². The first kappa shape index (κ1) is 19.3. The third-order valence-electron chi connectivity index (χ3n) is 4.65. The standard InChI is InChI=1S/C19H23F2N3O3/c1-12-3-4-13(2)15(11-12)26-14-7-9-24(10-8-14)17(25)6-5-16-22-23-19(27-16)18(20)21/h3-4,11,14,18H,5-10H2,1-2H3. The van der Waals surface area contributed by atoms with Gasteiger partial charge in [0.1, 0.15) is 11.9 Å². The minimum absolute atomic E-state index is 0.0445. The summed E-state index contributed by atoms with van der Waals surface area (Å²) in [6, 6.07) is 6.13. The normalized spacial score (nSPS) is 15.4. The highest BCUT2D eigenvalue weighted by atomic mass is 19.3. The van der Waals surface area contributed by atoms with Gasteiger partial charge in [-0.15, -0.1) is 10.2 Å². The number of benzene rings is 1. The van der Waals surface area contributed by atoms with Gasteiger partial charge < -0.3 is 14.1 Å². The molecule has 0 atom stereocenters. The van der Waals surface area contributed by atoms with Crippen molar-refractivity contribution in [3.63, 3.8) is 0 Å². The van der Waals surface area contributed by atoms with Crippen LogP contribution in [-0.2, 0) is 11.2 Å². The Balaban J connectivity index is 1.45. The van der Waals surface area contributed by atoms with Crippen molar-refractivity contribution in [1.82, 2.24) is 15.1 Å². The van der Waals surface area contributed by atoms with Gasteiger partial charge in [-0.25, -0.2) is 0 Å². The predicted molar refractivity (Wildman–Crippen MR) is 93.7 cm³/mol. The first-order valence-electron chi connectivity index (χ1n) is 9.04. The van der Waals surface area contributed by atoms with Crippen LogP contribution in [0.25, 0.3) is 0 Å². The van der Waals surface area contributed by atoms with Crippen LogP contribution in [0.4, 0.5) is 8.78 Å². The Hall–Kier alpha value is -2.51. The molecule has 0 bridgehead atoms. The lowest BCUT2D eigenvalue weighted by molar-refractivity contribution is -0.133. The Kier molecular flexibility index (Phi) is 6.03. The molecule has 1 fully saturated rings. The van der Waals surface area contributed by atoms with Crippen molar-refractivity contribution in [3.05, 3.63) is 41.1 Å². The summed E-state index contributed by atoms with van der Waals surface area (Å²) in [5.74, 6) is 0.205. The average molecular weight is 379 g/mol. The molecule has 2 heterocycles. The quantitative estimate of drug-likeness (QED) is 0.767. The van der Waals surface area contributed by atoms with Gasteiger partial charge in [0.25, 0.3) is 5.89 Å².